The summed E-state index contributed by atoms with van der Waals surface area (Å²) < 4.78 is 4.47. The Kier molecular flexibility index (Phi) is 3.80. The normalized spacial score (nSPS) is 10.6. The second-order valence-corrected chi connectivity index (χ2v) is 4.16. The van der Waals surface area contributed by atoms with Gasteiger partial charge in [-0.2, -0.15) is 0 Å². The Labute approximate surface area is 92.4 Å². The fourth-order valence-electron chi connectivity index (χ4n) is 1.16. The van der Waals surface area contributed by atoms with E-state index in [1.807, 2.05) is 13.0 Å². The van der Waals surface area contributed by atoms with Crippen LogP contribution in [-0.2, 0) is 9.53 Å². The number of carbonyl (C=O) groups excluding carboxylic acids is 2. The van der Waals surface area contributed by atoms with Crippen molar-refractivity contribution in [2.45, 2.75) is 13.8 Å². The van der Waals surface area contributed by atoms with Gasteiger partial charge in [0, 0.05) is 11.0 Å². The molecular formula is C11H12O3S. The molecule has 0 saturated carbocycles. The first kappa shape index (κ1) is 11.7. The Morgan fingerprint density at radius 1 is 1.47 bits per heavy atom. The van der Waals surface area contributed by atoms with Gasteiger partial charge in [0.05, 0.1) is 12.0 Å². The molecule has 4 heteroatoms. The predicted molar refractivity (Wildman–Crippen MR) is 60.1 cm³/mol. The molecule has 1 aromatic heterocycles. The molecule has 1 rings (SSSR count). The molecule has 1 heterocycles. The number of hydrogen-bond donors (Lipinski definition) is 0. The molecular weight excluding hydrogens is 212 g/mol. The van der Waals surface area contributed by atoms with E-state index in [0.29, 0.717) is 0 Å². The van der Waals surface area contributed by atoms with Crippen LogP contribution < -0.4 is 0 Å². The fraction of sp³-hybridized carbons (Fsp3) is 0.273. The molecule has 15 heavy (non-hydrogen) atoms. The van der Waals surface area contributed by atoms with Gasteiger partial charge in [-0.15, -0.1) is 11.3 Å². The standard InChI is InChI=1S/C11H12O3S/c1-7-6-9(4-5-10(13)14-3)15-11(7)8(2)12/h4-6H,1-3H3. The number of aryl methyl sites for hydroxylation is 1. The van der Waals surface area contributed by atoms with Crippen molar-refractivity contribution in [1.29, 1.82) is 0 Å². The molecule has 0 saturated heterocycles. The average molecular weight is 224 g/mol. The average Bonchev–Trinajstić information content (AvgIpc) is 2.56. The Hall–Kier alpha value is -1.42. The van der Waals surface area contributed by atoms with Gasteiger partial charge in [0.15, 0.2) is 5.78 Å². The third kappa shape index (κ3) is 3.02. The Bertz CT molecular complexity index is 415. The van der Waals surface area contributed by atoms with Crippen LogP contribution in [0.25, 0.3) is 6.08 Å². The van der Waals surface area contributed by atoms with Gasteiger partial charge in [-0.1, -0.05) is 0 Å². The molecule has 0 unspecified atom stereocenters. The highest BCUT2D eigenvalue weighted by Crippen LogP contribution is 2.23. The smallest absolute Gasteiger partial charge is 0.330 e. The lowest BCUT2D eigenvalue weighted by molar-refractivity contribution is -0.134. The van der Waals surface area contributed by atoms with Crippen molar-refractivity contribution in [2.24, 2.45) is 0 Å². The molecule has 0 aliphatic rings. The van der Waals surface area contributed by atoms with Crippen LogP contribution in [0.2, 0.25) is 0 Å². The summed E-state index contributed by atoms with van der Waals surface area (Å²) in [7, 11) is 1.33. The van der Waals surface area contributed by atoms with Crippen LogP contribution in [0, 0.1) is 6.92 Å². The van der Waals surface area contributed by atoms with Crippen molar-refractivity contribution in [3.8, 4) is 0 Å². The Balaban J connectivity index is 2.89. The topological polar surface area (TPSA) is 43.4 Å². The summed E-state index contributed by atoms with van der Waals surface area (Å²) in [5.41, 5.74) is 0.942. The van der Waals surface area contributed by atoms with E-state index in [0.717, 1.165) is 15.3 Å². The van der Waals surface area contributed by atoms with Crippen LogP contribution in [0.5, 0.6) is 0 Å². The molecule has 0 atom stereocenters. The van der Waals surface area contributed by atoms with Gasteiger partial charge in [-0.25, -0.2) is 4.79 Å². The number of carbonyl (C=O) groups is 2. The first-order valence-electron chi connectivity index (χ1n) is 4.42. The van der Waals surface area contributed by atoms with Crippen LogP contribution in [0.15, 0.2) is 12.1 Å². The van der Waals surface area contributed by atoms with E-state index in [2.05, 4.69) is 4.74 Å². The Morgan fingerprint density at radius 2 is 2.13 bits per heavy atom. The molecule has 80 valence electrons. The predicted octanol–water partition coefficient (Wildman–Crippen LogP) is 2.45. The zero-order chi connectivity index (χ0) is 11.4. The van der Waals surface area contributed by atoms with Crippen molar-refractivity contribution < 1.29 is 14.3 Å². The van der Waals surface area contributed by atoms with Gasteiger partial charge in [-0.3, -0.25) is 4.79 Å². The summed E-state index contributed by atoms with van der Waals surface area (Å²) in [5, 5.41) is 0. The summed E-state index contributed by atoms with van der Waals surface area (Å²) in [6.07, 6.45) is 2.99. The number of ketones is 1. The number of rotatable bonds is 3. The maximum atomic E-state index is 11.2. The summed E-state index contributed by atoms with van der Waals surface area (Å²) in [4.78, 5) is 23.6. The molecule has 0 amide bonds. The van der Waals surface area contributed by atoms with Crippen molar-refractivity contribution in [2.75, 3.05) is 7.11 Å². The van der Waals surface area contributed by atoms with Crippen LogP contribution in [0.4, 0.5) is 0 Å². The number of hydrogen-bond acceptors (Lipinski definition) is 4. The van der Waals surface area contributed by atoms with Gasteiger partial charge >= 0.3 is 5.97 Å². The third-order valence-electron chi connectivity index (χ3n) is 1.84. The van der Waals surface area contributed by atoms with Crippen molar-refractivity contribution in [1.82, 2.24) is 0 Å². The van der Waals surface area contributed by atoms with E-state index in [1.165, 1.54) is 31.4 Å². The zero-order valence-electron chi connectivity index (χ0n) is 8.87. The second kappa shape index (κ2) is 4.89. The molecule has 3 nitrogen and oxygen atoms in total. The molecule has 0 spiro atoms. The van der Waals surface area contributed by atoms with Crippen LogP contribution in [0.1, 0.15) is 27.0 Å². The molecule has 0 aliphatic heterocycles. The van der Waals surface area contributed by atoms with Crippen molar-refractivity contribution in [3.05, 3.63) is 27.5 Å². The van der Waals surface area contributed by atoms with Crippen LogP contribution in [-0.4, -0.2) is 18.9 Å². The zero-order valence-corrected chi connectivity index (χ0v) is 9.68. The monoisotopic (exact) mass is 224 g/mol. The van der Waals surface area contributed by atoms with Crippen molar-refractivity contribution in [3.63, 3.8) is 0 Å². The lowest BCUT2D eigenvalue weighted by Crippen LogP contribution is -1.92. The molecule has 0 radical (unpaired) electrons. The van der Waals surface area contributed by atoms with E-state index in [4.69, 9.17) is 0 Å². The highest BCUT2D eigenvalue weighted by molar-refractivity contribution is 7.15. The maximum Gasteiger partial charge on any atom is 0.330 e. The maximum absolute atomic E-state index is 11.2. The third-order valence-corrected chi connectivity index (χ3v) is 3.14. The van der Waals surface area contributed by atoms with Gasteiger partial charge in [-0.05, 0) is 31.6 Å². The van der Waals surface area contributed by atoms with Gasteiger partial charge < -0.3 is 4.74 Å². The highest BCUT2D eigenvalue weighted by atomic mass is 32.1. The lowest BCUT2D eigenvalue weighted by Gasteiger charge is -1.88. The molecule has 1 aromatic rings. The summed E-state index contributed by atoms with van der Waals surface area (Å²) in [6.45, 7) is 3.41. The summed E-state index contributed by atoms with van der Waals surface area (Å²) in [6, 6.07) is 1.88. The van der Waals surface area contributed by atoms with E-state index in [9.17, 15) is 9.59 Å². The second-order valence-electron chi connectivity index (χ2n) is 3.07. The Morgan fingerprint density at radius 3 is 2.60 bits per heavy atom. The number of ether oxygens (including phenoxy) is 1. The van der Waals surface area contributed by atoms with E-state index < -0.39 is 5.97 Å². The van der Waals surface area contributed by atoms with Gasteiger partial charge in [0.25, 0.3) is 0 Å². The minimum Gasteiger partial charge on any atom is -0.466 e. The SMILES string of the molecule is COC(=O)C=Cc1cc(C)c(C(C)=O)s1. The number of methoxy groups -OCH3 is 1. The minimum absolute atomic E-state index is 0.0511. The fourth-order valence-corrected chi connectivity index (χ4v) is 2.13. The van der Waals surface area contributed by atoms with E-state index >= 15 is 0 Å². The first-order chi connectivity index (χ1) is 7.04. The molecule has 0 bridgehead atoms. The molecule has 0 aromatic carbocycles. The quantitative estimate of drug-likeness (QED) is 0.450. The van der Waals surface area contributed by atoms with Crippen molar-refractivity contribution >= 4 is 29.2 Å². The van der Waals surface area contributed by atoms with Crippen LogP contribution >= 0.6 is 11.3 Å². The minimum atomic E-state index is -0.398. The largest absolute Gasteiger partial charge is 0.466 e. The first-order valence-corrected chi connectivity index (χ1v) is 5.23. The van der Waals surface area contributed by atoms with E-state index in [1.54, 1.807) is 6.08 Å². The summed E-state index contributed by atoms with van der Waals surface area (Å²) >= 11 is 1.38. The number of thiophene rings is 1. The number of esters is 1. The van der Waals surface area contributed by atoms with Gasteiger partial charge in [0.2, 0.25) is 0 Å². The van der Waals surface area contributed by atoms with E-state index in [-0.39, 0.29) is 5.78 Å². The highest BCUT2D eigenvalue weighted by Gasteiger charge is 2.07. The molecule has 0 N–H and O–H groups in total. The summed E-state index contributed by atoms with van der Waals surface area (Å²) in [5.74, 6) is -0.347. The van der Waals surface area contributed by atoms with Crippen LogP contribution in [0.3, 0.4) is 0 Å². The lowest BCUT2D eigenvalue weighted by atomic mass is 10.2. The number of Topliss-reactive ketones (excluding diaryl/α,β-unsaturated/α-hetero) is 1. The molecule has 0 fully saturated rings. The molecule has 0 aliphatic carbocycles. The van der Waals surface area contributed by atoms with Gasteiger partial charge in [0.1, 0.15) is 0 Å².